The first-order valence-electron chi connectivity index (χ1n) is 0. The second-order valence-electron chi connectivity index (χ2n) is 0. The van der Waals surface area contributed by atoms with E-state index in [-0.39, 0.29) is 72.4 Å². The Morgan fingerprint density at radius 1 is 0.750 bits per heavy atom. The zero-order chi connectivity index (χ0) is 0. The van der Waals surface area contributed by atoms with Crippen molar-refractivity contribution < 1.29 is 51.4 Å². The number of hydrogen-bond acceptors (Lipinski definition) is 1. The fourth-order valence-corrected chi connectivity index (χ4v) is 0. The molecule has 1 nitrogen and oxygen atoms in total. The number of rotatable bonds is 0. The van der Waals surface area contributed by atoms with E-state index >= 15 is 0 Å². The molecule has 0 aliphatic carbocycles. The molecule has 0 aromatic rings. The number of hydrogen-bond donors (Lipinski definition) is 1. The molecule has 0 aromatic heterocycles. The third-order valence-corrected chi connectivity index (χ3v) is 0. The van der Waals surface area contributed by atoms with Crippen LogP contribution in [0.15, 0.2) is 0 Å². The zero-order valence-electron chi connectivity index (χ0n) is 3.71. The maximum Gasteiger partial charge on any atom is 1.00 e. The topological polar surface area (TPSA) is 35.0 Å². The van der Waals surface area contributed by atoms with Gasteiger partial charge in [-0.25, -0.2) is 0 Å². The van der Waals surface area contributed by atoms with Gasteiger partial charge in [0.1, 0.15) is 0 Å². The summed E-state index contributed by atoms with van der Waals surface area (Å²) >= 11 is 0. The zero-order valence-corrected chi connectivity index (χ0v) is 6.83. The van der Waals surface area contributed by atoms with Crippen LogP contribution in [-0.2, 0) is 0 Å². The van der Waals surface area contributed by atoms with Crippen LogP contribution in [0.25, 0.3) is 0 Å². The Kier molecular flexibility index (Phi) is 271. The van der Waals surface area contributed by atoms with E-state index in [9.17, 15) is 0 Å². The van der Waals surface area contributed by atoms with E-state index in [1.54, 1.807) is 0 Å². The third kappa shape index (κ3) is 9.51. The van der Waals surface area contributed by atoms with Gasteiger partial charge in [0.15, 0.2) is 0 Å². The van der Waals surface area contributed by atoms with Gasteiger partial charge in [0, 0.05) is 0 Å². The first-order valence-corrected chi connectivity index (χ1v) is 0. The molecule has 4 heavy (non-hydrogen) atoms. The van der Waals surface area contributed by atoms with Crippen molar-refractivity contribution in [2.24, 2.45) is 0 Å². The van der Waals surface area contributed by atoms with Crippen LogP contribution < -0.4 is 57.5 Å². The summed E-state index contributed by atoms with van der Waals surface area (Å²) in [4.78, 5) is 0. The largest absolute Gasteiger partial charge is 1.00 e. The molecule has 0 radical (unpaired) electrons. The van der Waals surface area contributed by atoms with Gasteiger partial charge < -0.3 is 21.0 Å². The van der Waals surface area contributed by atoms with Crippen molar-refractivity contribution in [1.29, 1.82) is 0 Å². The minimum atomic E-state index is 0. The molecule has 0 atom stereocenters. The standard InChI is InChI=1S/2CH3.K.H3N/h2*1H3;;1H3/q2*-1;+1;. The Labute approximate surface area is 71.2 Å². The molecule has 0 saturated heterocycles. The smallest absolute Gasteiger partial charge is 0.358 e. The fourth-order valence-electron chi connectivity index (χ4n) is 0. The van der Waals surface area contributed by atoms with Crippen LogP contribution in [0.3, 0.4) is 0 Å². The first-order chi connectivity index (χ1) is 0. The Hall–Kier alpha value is 1.60. The molecule has 0 aromatic carbocycles. The Morgan fingerprint density at radius 2 is 0.750 bits per heavy atom. The van der Waals surface area contributed by atoms with E-state index in [0.717, 1.165) is 0 Å². The molecule has 0 unspecified atom stereocenters. The minimum Gasteiger partial charge on any atom is -0.358 e. The molecule has 0 heterocycles. The summed E-state index contributed by atoms with van der Waals surface area (Å²) in [7, 11) is 0. The molecule has 0 fully saturated rings. The normalized spacial score (nSPS) is 0. The van der Waals surface area contributed by atoms with E-state index < -0.39 is 0 Å². The summed E-state index contributed by atoms with van der Waals surface area (Å²) in [6, 6.07) is 0. The maximum atomic E-state index is 0. The Morgan fingerprint density at radius 3 is 0.750 bits per heavy atom. The second-order valence-corrected chi connectivity index (χ2v) is 0. The van der Waals surface area contributed by atoms with Crippen molar-refractivity contribution in [3.05, 3.63) is 14.9 Å². The fraction of sp³-hybridized carbons (Fsp3) is 0. The summed E-state index contributed by atoms with van der Waals surface area (Å²) < 4.78 is 0. The summed E-state index contributed by atoms with van der Waals surface area (Å²) in [6.45, 7) is 0. The average Bonchev–Trinajstić information content (AvgIpc) is 0. The average molecular weight is 86.2 g/mol. The van der Waals surface area contributed by atoms with Crippen molar-refractivity contribution in [2.45, 2.75) is 0 Å². The van der Waals surface area contributed by atoms with Gasteiger partial charge in [-0.15, -0.1) is 0 Å². The predicted molar refractivity (Wildman–Crippen MR) is 17.9 cm³/mol. The van der Waals surface area contributed by atoms with Crippen LogP contribution >= 0.6 is 0 Å². The molecule has 0 saturated carbocycles. The molecule has 0 rings (SSSR count). The summed E-state index contributed by atoms with van der Waals surface area (Å²) in [5.41, 5.74) is 0. The molecule has 0 amide bonds. The van der Waals surface area contributed by atoms with Crippen LogP contribution in [0, 0.1) is 14.9 Å². The van der Waals surface area contributed by atoms with E-state index in [2.05, 4.69) is 0 Å². The molecular formula is C2H9KN-. The maximum absolute atomic E-state index is 0. The Bertz CT molecular complexity index is 6.00. The van der Waals surface area contributed by atoms with Crippen LogP contribution in [0.2, 0.25) is 0 Å². The van der Waals surface area contributed by atoms with Gasteiger partial charge in [-0.2, -0.15) is 0 Å². The van der Waals surface area contributed by atoms with E-state index in [1.807, 2.05) is 0 Å². The van der Waals surface area contributed by atoms with Gasteiger partial charge in [-0.3, -0.25) is 0 Å². The minimum absolute atomic E-state index is 0. The predicted octanol–water partition coefficient (Wildman–Crippen LogP) is -1.93. The van der Waals surface area contributed by atoms with Crippen LogP contribution in [0.5, 0.6) is 0 Å². The van der Waals surface area contributed by atoms with Gasteiger partial charge in [0.25, 0.3) is 0 Å². The van der Waals surface area contributed by atoms with Crippen molar-refractivity contribution in [2.75, 3.05) is 0 Å². The third-order valence-electron chi connectivity index (χ3n) is 0. The van der Waals surface area contributed by atoms with Crippen LogP contribution in [-0.4, -0.2) is 0 Å². The molecule has 0 spiro atoms. The van der Waals surface area contributed by atoms with Gasteiger partial charge in [-0.1, -0.05) is 0 Å². The van der Waals surface area contributed by atoms with Crippen molar-refractivity contribution in [1.82, 2.24) is 6.15 Å². The summed E-state index contributed by atoms with van der Waals surface area (Å²) in [6.07, 6.45) is 0. The SMILES string of the molecule is N.[CH3-].[CH3-].[K+]. The van der Waals surface area contributed by atoms with Crippen LogP contribution in [0.1, 0.15) is 0 Å². The Balaban J connectivity index is 0. The molecule has 24 valence electrons. The van der Waals surface area contributed by atoms with E-state index in [4.69, 9.17) is 0 Å². The first kappa shape index (κ1) is 46.4. The summed E-state index contributed by atoms with van der Waals surface area (Å²) in [5, 5.41) is 0. The monoisotopic (exact) mass is 86.0 g/mol. The quantitative estimate of drug-likeness (QED) is 0.270. The molecule has 2 heteroatoms. The van der Waals surface area contributed by atoms with Crippen LogP contribution in [0.4, 0.5) is 0 Å². The second kappa shape index (κ2) is 23.3. The molecular weight excluding hydrogens is 77.1 g/mol. The molecule has 3 N–H and O–H groups in total. The van der Waals surface area contributed by atoms with Gasteiger partial charge in [0.05, 0.1) is 0 Å². The van der Waals surface area contributed by atoms with Crippen molar-refractivity contribution >= 4 is 0 Å². The molecule has 0 aliphatic heterocycles. The van der Waals surface area contributed by atoms with Gasteiger partial charge in [0.2, 0.25) is 0 Å². The summed E-state index contributed by atoms with van der Waals surface area (Å²) in [5.74, 6) is 0. The van der Waals surface area contributed by atoms with E-state index in [1.165, 1.54) is 0 Å². The molecule has 0 bridgehead atoms. The van der Waals surface area contributed by atoms with Crippen molar-refractivity contribution in [3.8, 4) is 0 Å². The van der Waals surface area contributed by atoms with Gasteiger partial charge >= 0.3 is 51.4 Å². The molecule has 0 aliphatic rings. The van der Waals surface area contributed by atoms with E-state index in [0.29, 0.717) is 0 Å². The van der Waals surface area contributed by atoms with Crippen molar-refractivity contribution in [3.63, 3.8) is 0 Å². The van der Waals surface area contributed by atoms with Gasteiger partial charge in [-0.05, 0) is 0 Å².